The summed E-state index contributed by atoms with van der Waals surface area (Å²) < 4.78 is 0. The topological polar surface area (TPSA) is 61.4 Å². The average molecular weight is 416 g/mol. The van der Waals surface area contributed by atoms with Crippen LogP contribution in [0.3, 0.4) is 0 Å². The third-order valence-corrected chi connectivity index (χ3v) is 5.22. The normalized spacial score (nSPS) is 12.7. The Morgan fingerprint density at radius 1 is 0.806 bits per heavy atom. The first-order valence-electron chi connectivity index (χ1n) is 10.4. The summed E-state index contributed by atoms with van der Waals surface area (Å²) in [7, 11) is 3.98. The van der Waals surface area contributed by atoms with Crippen LogP contribution in [0, 0.1) is 0 Å². The van der Waals surface area contributed by atoms with Gasteiger partial charge in [0.1, 0.15) is 6.04 Å². The minimum absolute atomic E-state index is 0.0346. The summed E-state index contributed by atoms with van der Waals surface area (Å²) in [4.78, 5) is 27.9. The smallest absolute Gasteiger partial charge is 0.251 e. The van der Waals surface area contributed by atoms with Crippen LogP contribution in [-0.2, 0) is 11.2 Å². The van der Waals surface area contributed by atoms with E-state index in [-0.39, 0.29) is 17.9 Å². The lowest BCUT2D eigenvalue weighted by atomic mass is 10.0. The van der Waals surface area contributed by atoms with Gasteiger partial charge in [0, 0.05) is 18.5 Å². The van der Waals surface area contributed by atoms with Crippen LogP contribution in [0.15, 0.2) is 91.0 Å². The molecule has 5 heteroatoms. The number of hydrogen-bond donors (Lipinski definition) is 2. The van der Waals surface area contributed by atoms with Crippen LogP contribution in [0.5, 0.6) is 0 Å². The van der Waals surface area contributed by atoms with Gasteiger partial charge in [-0.2, -0.15) is 0 Å². The fourth-order valence-electron chi connectivity index (χ4n) is 3.48. The largest absolute Gasteiger partial charge is 0.352 e. The van der Waals surface area contributed by atoms with Crippen LogP contribution in [-0.4, -0.2) is 43.4 Å². The summed E-state index contributed by atoms with van der Waals surface area (Å²) in [5.74, 6) is -0.459. The van der Waals surface area contributed by atoms with Crippen molar-refractivity contribution in [2.24, 2.45) is 0 Å². The Morgan fingerprint density at radius 2 is 1.35 bits per heavy atom. The van der Waals surface area contributed by atoms with Crippen LogP contribution < -0.4 is 10.6 Å². The standard InChI is InChI=1S/C26H29N3O2/c1-29(2)24(21-14-8-4-9-15-21)19-27-26(31)23(18-20-12-6-3-7-13-20)28-25(30)22-16-10-5-11-17-22/h3-17,23-24H,18-19H2,1-2H3,(H,27,31)(H,28,30). The molecule has 0 fully saturated rings. The predicted molar refractivity (Wildman–Crippen MR) is 124 cm³/mol. The minimum atomic E-state index is -0.673. The van der Waals surface area contributed by atoms with Crippen molar-refractivity contribution in [1.82, 2.24) is 15.5 Å². The molecule has 2 unspecified atom stereocenters. The Morgan fingerprint density at radius 3 is 1.94 bits per heavy atom. The highest BCUT2D eigenvalue weighted by Crippen LogP contribution is 2.17. The van der Waals surface area contributed by atoms with Crippen molar-refractivity contribution in [3.05, 3.63) is 108 Å². The molecule has 0 aliphatic carbocycles. The molecule has 0 heterocycles. The van der Waals surface area contributed by atoms with Gasteiger partial charge in [-0.15, -0.1) is 0 Å². The Labute approximate surface area is 184 Å². The quantitative estimate of drug-likeness (QED) is 0.563. The van der Waals surface area contributed by atoms with Crippen molar-refractivity contribution >= 4 is 11.8 Å². The third kappa shape index (κ3) is 6.52. The van der Waals surface area contributed by atoms with Crippen LogP contribution in [0.25, 0.3) is 0 Å². The van der Waals surface area contributed by atoms with Crippen molar-refractivity contribution in [2.75, 3.05) is 20.6 Å². The molecular formula is C26H29N3O2. The monoisotopic (exact) mass is 415 g/mol. The zero-order chi connectivity index (χ0) is 22.1. The lowest BCUT2D eigenvalue weighted by Crippen LogP contribution is -2.49. The molecule has 5 nitrogen and oxygen atoms in total. The summed E-state index contributed by atoms with van der Waals surface area (Å²) in [6, 6.07) is 28.1. The highest BCUT2D eigenvalue weighted by molar-refractivity contribution is 5.97. The number of hydrogen-bond acceptors (Lipinski definition) is 3. The molecule has 160 valence electrons. The van der Waals surface area contributed by atoms with Gasteiger partial charge in [-0.3, -0.25) is 9.59 Å². The number of rotatable bonds is 9. The highest BCUT2D eigenvalue weighted by atomic mass is 16.2. The van der Waals surface area contributed by atoms with Crippen molar-refractivity contribution in [1.29, 1.82) is 0 Å². The number of benzene rings is 3. The molecular weight excluding hydrogens is 386 g/mol. The van der Waals surface area contributed by atoms with Gasteiger partial charge in [0.2, 0.25) is 5.91 Å². The van der Waals surface area contributed by atoms with Gasteiger partial charge < -0.3 is 15.5 Å². The molecule has 3 aromatic carbocycles. The molecule has 2 amide bonds. The molecule has 0 aliphatic heterocycles. The summed E-state index contributed by atoms with van der Waals surface area (Å²) in [5.41, 5.74) is 2.65. The van der Waals surface area contributed by atoms with E-state index in [0.29, 0.717) is 18.5 Å². The van der Waals surface area contributed by atoms with Crippen molar-refractivity contribution in [3.63, 3.8) is 0 Å². The number of amides is 2. The van der Waals surface area contributed by atoms with Crippen LogP contribution in [0.2, 0.25) is 0 Å². The minimum Gasteiger partial charge on any atom is -0.352 e. The Bertz CT molecular complexity index is 960. The van der Waals surface area contributed by atoms with Crippen molar-refractivity contribution < 1.29 is 9.59 Å². The third-order valence-electron chi connectivity index (χ3n) is 5.22. The van der Waals surface area contributed by atoms with Crippen LogP contribution in [0.1, 0.15) is 27.5 Å². The van der Waals surface area contributed by atoms with E-state index in [2.05, 4.69) is 27.7 Å². The highest BCUT2D eigenvalue weighted by Gasteiger charge is 2.23. The zero-order valence-electron chi connectivity index (χ0n) is 18.0. The molecule has 0 saturated carbocycles. The first-order chi connectivity index (χ1) is 15.0. The predicted octanol–water partition coefficient (Wildman–Crippen LogP) is 3.45. The molecule has 31 heavy (non-hydrogen) atoms. The lowest BCUT2D eigenvalue weighted by molar-refractivity contribution is -0.123. The van der Waals surface area contributed by atoms with Gasteiger partial charge in [-0.1, -0.05) is 78.9 Å². The van der Waals surface area contributed by atoms with Gasteiger partial charge >= 0.3 is 0 Å². The molecule has 0 bridgehead atoms. The molecule has 0 saturated heterocycles. The number of nitrogens with zero attached hydrogens (tertiary/aromatic N) is 1. The molecule has 3 aromatic rings. The summed E-state index contributed by atoms with van der Waals surface area (Å²) >= 11 is 0. The Kier molecular flexibility index (Phi) is 7.96. The van der Waals surface area contributed by atoms with Crippen molar-refractivity contribution in [2.45, 2.75) is 18.5 Å². The second-order valence-electron chi connectivity index (χ2n) is 7.72. The van der Waals surface area contributed by atoms with E-state index in [1.807, 2.05) is 80.8 Å². The number of likely N-dealkylation sites (N-methyl/N-ethyl adjacent to an activating group) is 1. The first kappa shape index (κ1) is 22.2. The Balaban J connectivity index is 1.72. The summed E-state index contributed by atoms with van der Waals surface area (Å²) in [5, 5.41) is 5.95. The van der Waals surface area contributed by atoms with Gasteiger partial charge in [0.25, 0.3) is 5.91 Å². The SMILES string of the molecule is CN(C)C(CNC(=O)C(Cc1ccccc1)NC(=O)c1ccccc1)c1ccccc1. The van der Waals surface area contributed by atoms with Crippen molar-refractivity contribution in [3.8, 4) is 0 Å². The first-order valence-corrected chi connectivity index (χ1v) is 10.4. The van der Waals surface area contributed by atoms with E-state index < -0.39 is 6.04 Å². The molecule has 2 atom stereocenters. The van der Waals surface area contributed by atoms with E-state index in [9.17, 15) is 9.59 Å². The second kappa shape index (κ2) is 11.1. The van der Waals surface area contributed by atoms with E-state index in [0.717, 1.165) is 11.1 Å². The lowest BCUT2D eigenvalue weighted by Gasteiger charge is -2.26. The van der Waals surface area contributed by atoms with Gasteiger partial charge in [0.15, 0.2) is 0 Å². The van der Waals surface area contributed by atoms with E-state index in [4.69, 9.17) is 0 Å². The molecule has 0 aromatic heterocycles. The van der Waals surface area contributed by atoms with Crippen LogP contribution in [0.4, 0.5) is 0 Å². The van der Waals surface area contributed by atoms with Gasteiger partial charge in [-0.05, 0) is 37.4 Å². The van der Waals surface area contributed by atoms with Crippen LogP contribution >= 0.6 is 0 Å². The fourth-order valence-corrected chi connectivity index (χ4v) is 3.48. The van der Waals surface area contributed by atoms with E-state index in [1.54, 1.807) is 12.1 Å². The molecule has 3 rings (SSSR count). The van der Waals surface area contributed by atoms with Gasteiger partial charge in [0.05, 0.1) is 6.04 Å². The maximum absolute atomic E-state index is 13.1. The maximum atomic E-state index is 13.1. The van der Waals surface area contributed by atoms with Gasteiger partial charge in [-0.25, -0.2) is 0 Å². The summed E-state index contributed by atoms with van der Waals surface area (Å²) in [6.07, 6.45) is 0.420. The number of nitrogens with one attached hydrogen (secondary N) is 2. The number of carbonyl (C=O) groups is 2. The second-order valence-corrected chi connectivity index (χ2v) is 7.72. The molecule has 0 radical (unpaired) electrons. The molecule has 0 spiro atoms. The average Bonchev–Trinajstić information content (AvgIpc) is 2.80. The number of carbonyl (C=O) groups excluding carboxylic acids is 2. The van der Waals surface area contributed by atoms with E-state index in [1.165, 1.54) is 0 Å². The molecule has 0 aliphatic rings. The van der Waals surface area contributed by atoms with E-state index >= 15 is 0 Å². The maximum Gasteiger partial charge on any atom is 0.251 e. The summed E-state index contributed by atoms with van der Waals surface area (Å²) in [6.45, 7) is 0.447. The zero-order valence-corrected chi connectivity index (χ0v) is 18.0. The fraction of sp³-hybridized carbons (Fsp3) is 0.231. The Hall–Kier alpha value is -3.44. The molecule has 2 N–H and O–H groups in total.